The van der Waals surface area contributed by atoms with Crippen molar-refractivity contribution in [2.75, 3.05) is 0 Å². The fourth-order valence-corrected chi connectivity index (χ4v) is 7.53. The van der Waals surface area contributed by atoms with Gasteiger partial charge in [0.2, 0.25) is 0 Å². The van der Waals surface area contributed by atoms with E-state index in [0.29, 0.717) is 24.3 Å². The lowest BCUT2D eigenvalue weighted by Gasteiger charge is -2.48. The normalized spacial score (nSPS) is 11.4. The number of nitrogens with two attached hydrogens (primary N) is 1. The van der Waals surface area contributed by atoms with Gasteiger partial charge in [-0.2, -0.15) is 21.9 Å². The average molecular weight is 746 g/mol. The zero-order valence-electron chi connectivity index (χ0n) is 30.8. The second-order valence-corrected chi connectivity index (χ2v) is 13.8. The summed E-state index contributed by atoms with van der Waals surface area (Å²) >= 11 is 0. The average Bonchev–Trinajstić information content (AvgIpc) is 3.11. The summed E-state index contributed by atoms with van der Waals surface area (Å²) in [6.07, 6.45) is -3.39. The van der Waals surface area contributed by atoms with Crippen LogP contribution in [-0.2, 0) is 13.1 Å². The van der Waals surface area contributed by atoms with Crippen molar-refractivity contribution in [3.63, 3.8) is 0 Å². The molecule has 280 valence electrons. The molecule has 0 aliphatic carbocycles. The number of hydrogen-bond donors (Lipinski definition) is 1. The molecule has 0 bridgehead atoms. The Morgan fingerprint density at radius 3 is 0.907 bits per heavy atom. The highest BCUT2D eigenvalue weighted by Gasteiger charge is 2.39. The molecule has 0 heterocycles. The molecule has 6 rings (SSSR count). The molecule has 0 saturated heterocycles. The molecule has 0 aliphatic heterocycles. The maximum atomic E-state index is 15.0. The molecule has 0 fully saturated rings. The minimum Gasteiger partial charge on any atom is -0.339 e. The zero-order chi connectivity index (χ0) is 39.5. The highest BCUT2D eigenvalue weighted by atomic mass is 19.2. The van der Waals surface area contributed by atoms with Gasteiger partial charge in [0.25, 0.3) is 0 Å². The highest BCUT2D eigenvalue weighted by molar-refractivity contribution is 7.20. The van der Waals surface area contributed by atoms with Crippen molar-refractivity contribution in [1.82, 2.24) is 0 Å². The maximum absolute atomic E-state index is 15.0. The molecule has 0 amide bonds. The number of halogens is 8. The van der Waals surface area contributed by atoms with E-state index in [9.17, 15) is 17.6 Å². The Balaban J connectivity index is 0.000000274. The summed E-state index contributed by atoms with van der Waals surface area (Å²) in [5.41, 5.74) is 3.54. The van der Waals surface area contributed by atoms with E-state index in [1.807, 2.05) is 0 Å². The molecular weight excluding hydrogens is 705 g/mol. The van der Waals surface area contributed by atoms with E-state index >= 15 is 17.6 Å². The van der Waals surface area contributed by atoms with E-state index in [4.69, 9.17) is 0 Å². The Kier molecular flexibility index (Phi) is 12.2. The van der Waals surface area contributed by atoms with Crippen LogP contribution in [-0.4, -0.2) is 6.15 Å². The minimum absolute atomic E-state index is 0.237. The number of benzene rings is 6. The summed E-state index contributed by atoms with van der Waals surface area (Å²) in [4.78, 5) is 0. The van der Waals surface area contributed by atoms with Gasteiger partial charge in [0.15, 0.2) is 0 Å². The largest absolute Gasteiger partial charge is 0.339 e. The van der Waals surface area contributed by atoms with Gasteiger partial charge in [0.1, 0.15) is 65.8 Å². The predicted molar refractivity (Wildman–Crippen MR) is 200 cm³/mol. The Bertz CT molecular complexity index is 2060. The molecule has 0 spiro atoms. The van der Waals surface area contributed by atoms with Crippen LogP contribution in [0.25, 0.3) is 0 Å². The number of aryl methyl sites for hydroxylation is 2. The van der Waals surface area contributed by atoms with Crippen molar-refractivity contribution in [1.29, 1.82) is 0 Å². The van der Waals surface area contributed by atoms with Crippen LogP contribution in [0.15, 0.2) is 97.1 Å². The molecule has 0 saturated carbocycles. The lowest BCUT2D eigenvalue weighted by molar-refractivity contribution is -0.686. The third kappa shape index (κ3) is 7.99. The van der Waals surface area contributed by atoms with Gasteiger partial charge in [-0.05, 0) is 74.9 Å². The summed E-state index contributed by atoms with van der Waals surface area (Å²) < 4.78 is 119. The van der Waals surface area contributed by atoms with Gasteiger partial charge >= 0.3 is 0 Å². The Labute approximate surface area is 310 Å². The third-order valence-corrected chi connectivity index (χ3v) is 10.5. The van der Waals surface area contributed by atoms with E-state index in [0.717, 1.165) is 37.4 Å². The predicted octanol–water partition coefficient (Wildman–Crippen LogP) is 7.98. The van der Waals surface area contributed by atoms with Crippen LogP contribution >= 0.6 is 0 Å². The van der Waals surface area contributed by atoms with Crippen molar-refractivity contribution >= 4 is 28.0 Å². The number of quaternary nitrogens is 1. The third-order valence-electron chi connectivity index (χ3n) is 10.5. The van der Waals surface area contributed by atoms with E-state index in [-0.39, 0.29) is 44.1 Å². The molecule has 54 heavy (non-hydrogen) atoms. The summed E-state index contributed by atoms with van der Waals surface area (Å²) in [6.45, 7) is 11.4. The summed E-state index contributed by atoms with van der Waals surface area (Å²) in [5, 5.41) is 2.37. The van der Waals surface area contributed by atoms with Crippen molar-refractivity contribution in [3.05, 3.63) is 188 Å². The SMILES string of the molecule is Cc1c(F)cc(F)cc1[B-](c1cc(F)cc(F)c1C)(c1cc(F)cc(F)c1C)c1cc(F)cc(F)c1C.Cc1ccccc1C[NH2+]Cc1ccccc1C. The molecule has 0 atom stereocenters. The summed E-state index contributed by atoms with van der Waals surface area (Å²) in [6, 6.07) is 22.9. The Hall–Kier alpha value is -5.22. The monoisotopic (exact) mass is 745 g/mol. The fraction of sp³-hybridized carbons (Fsp3) is 0.182. The second kappa shape index (κ2) is 16.4. The first kappa shape index (κ1) is 40.0. The molecule has 10 heteroatoms. The molecule has 0 radical (unpaired) electrons. The van der Waals surface area contributed by atoms with Crippen LogP contribution in [0.1, 0.15) is 44.5 Å². The van der Waals surface area contributed by atoms with Crippen LogP contribution in [0.4, 0.5) is 35.1 Å². The summed E-state index contributed by atoms with van der Waals surface area (Å²) in [5.74, 6) is -8.71. The van der Waals surface area contributed by atoms with Crippen LogP contribution in [0.2, 0.25) is 0 Å². The van der Waals surface area contributed by atoms with Crippen LogP contribution in [0.3, 0.4) is 0 Å². The Morgan fingerprint density at radius 1 is 0.389 bits per heavy atom. The van der Waals surface area contributed by atoms with Crippen molar-refractivity contribution < 1.29 is 40.4 Å². The molecule has 6 aromatic rings. The molecule has 1 nitrogen and oxygen atoms in total. The standard InChI is InChI=1S/C28H20BF8.C16H19N/c1-13-21(5-17(30)9-25(13)34)29(22-6-18(31)10-26(35)14(22)2,23-7-19(32)11-27(36)15(23)3)24-8-20(33)12-28(37)16(24)4;1-13-7-3-5-9-15(13)11-17-12-16-10-6-4-8-14(16)2/h5-12H,1-4H3;3-10,17H,11-12H2,1-2H3/q-1;/p+1. The lowest BCUT2D eigenvalue weighted by atomic mass is 9.11. The van der Waals surface area contributed by atoms with E-state index in [1.165, 1.54) is 49.9 Å². The number of rotatable bonds is 8. The first-order chi connectivity index (χ1) is 25.6. The van der Waals surface area contributed by atoms with Gasteiger partial charge in [-0.25, -0.2) is 35.1 Å². The molecule has 0 aromatic heterocycles. The zero-order valence-corrected chi connectivity index (χ0v) is 30.8. The molecule has 0 aliphatic rings. The van der Waals surface area contributed by atoms with E-state index in [2.05, 4.69) is 67.7 Å². The maximum Gasteiger partial charge on any atom is 0.125 e. The number of hydrogen-bond acceptors (Lipinski definition) is 0. The second-order valence-electron chi connectivity index (χ2n) is 13.8. The first-order valence-corrected chi connectivity index (χ1v) is 17.5. The van der Waals surface area contributed by atoms with Crippen molar-refractivity contribution in [2.24, 2.45) is 0 Å². The van der Waals surface area contributed by atoms with Gasteiger partial charge in [0, 0.05) is 35.4 Å². The van der Waals surface area contributed by atoms with E-state index in [1.54, 1.807) is 0 Å². The Morgan fingerprint density at radius 2 is 0.648 bits per heavy atom. The molecular formula is C44H40BF8N. The van der Waals surface area contributed by atoms with Gasteiger partial charge in [-0.15, -0.1) is 0 Å². The lowest BCUT2D eigenvalue weighted by Crippen LogP contribution is -2.80. The molecule has 2 N–H and O–H groups in total. The van der Waals surface area contributed by atoms with Crippen LogP contribution in [0, 0.1) is 88.1 Å². The summed E-state index contributed by atoms with van der Waals surface area (Å²) in [7, 11) is 0. The quantitative estimate of drug-likeness (QED) is 0.120. The highest BCUT2D eigenvalue weighted by Crippen LogP contribution is 2.23. The van der Waals surface area contributed by atoms with Gasteiger partial charge in [-0.1, -0.05) is 72.8 Å². The van der Waals surface area contributed by atoms with Gasteiger partial charge in [0.05, 0.1) is 0 Å². The van der Waals surface area contributed by atoms with Gasteiger partial charge < -0.3 is 5.32 Å². The fourth-order valence-electron chi connectivity index (χ4n) is 7.53. The van der Waals surface area contributed by atoms with Crippen molar-refractivity contribution in [3.8, 4) is 0 Å². The first-order valence-electron chi connectivity index (χ1n) is 17.5. The van der Waals surface area contributed by atoms with Crippen LogP contribution in [0.5, 0.6) is 0 Å². The van der Waals surface area contributed by atoms with E-state index < -0.39 is 52.7 Å². The smallest absolute Gasteiger partial charge is 0.125 e. The molecule has 6 aromatic carbocycles. The minimum atomic E-state index is -3.39. The van der Waals surface area contributed by atoms with Gasteiger partial charge in [-0.3, -0.25) is 0 Å². The van der Waals surface area contributed by atoms with Crippen molar-refractivity contribution in [2.45, 2.75) is 54.6 Å². The topological polar surface area (TPSA) is 16.6 Å². The van der Waals surface area contributed by atoms with Crippen LogP contribution < -0.4 is 27.2 Å². The molecule has 0 unspecified atom stereocenters.